The zero-order valence-corrected chi connectivity index (χ0v) is 15.8. The number of aromatic nitrogens is 3. The standard InChI is InChI=1S/C20H24FN5O2/c1-13-10-25(24-23-13)12-19(28)26-11-16(14-5-4-6-15(21)9-14)20-17(26)7-2-3-8-18(27)22-20/h4-6,9-10,16-17,20H,2-3,7-8,11-12H2,1H3,(H,22,27)/t16-,17+,20-/m0/s1. The zero-order valence-electron chi connectivity index (χ0n) is 15.8. The maximum Gasteiger partial charge on any atom is 0.244 e. The second-order valence-corrected chi connectivity index (χ2v) is 7.67. The highest BCUT2D eigenvalue weighted by Gasteiger charge is 2.45. The number of fused-ring (bicyclic) bond motifs is 1. The first kappa shape index (κ1) is 18.6. The maximum atomic E-state index is 13.8. The molecule has 0 saturated carbocycles. The lowest BCUT2D eigenvalue weighted by atomic mass is 9.88. The summed E-state index contributed by atoms with van der Waals surface area (Å²) in [5.74, 6) is -0.510. The number of hydrogen-bond donors (Lipinski definition) is 1. The van der Waals surface area contributed by atoms with Gasteiger partial charge in [-0.25, -0.2) is 9.07 Å². The molecular formula is C20H24FN5O2. The predicted molar refractivity (Wildman–Crippen MR) is 99.8 cm³/mol. The van der Waals surface area contributed by atoms with Crippen molar-refractivity contribution in [3.05, 3.63) is 47.5 Å². The van der Waals surface area contributed by atoms with Crippen LogP contribution in [0.15, 0.2) is 30.5 Å². The van der Waals surface area contributed by atoms with E-state index in [0.717, 1.165) is 30.5 Å². The van der Waals surface area contributed by atoms with Gasteiger partial charge in [-0.2, -0.15) is 0 Å². The number of likely N-dealkylation sites (tertiary alicyclic amines) is 1. The molecule has 2 saturated heterocycles. The van der Waals surface area contributed by atoms with Crippen molar-refractivity contribution in [1.29, 1.82) is 0 Å². The van der Waals surface area contributed by atoms with Crippen LogP contribution in [-0.4, -0.2) is 50.3 Å². The van der Waals surface area contributed by atoms with Gasteiger partial charge < -0.3 is 10.2 Å². The summed E-state index contributed by atoms with van der Waals surface area (Å²) >= 11 is 0. The molecule has 3 atom stereocenters. The minimum atomic E-state index is -0.311. The third-order valence-corrected chi connectivity index (χ3v) is 5.67. The van der Waals surface area contributed by atoms with E-state index in [1.807, 2.05) is 17.9 Å². The third-order valence-electron chi connectivity index (χ3n) is 5.67. The monoisotopic (exact) mass is 385 g/mol. The second kappa shape index (κ2) is 7.69. The summed E-state index contributed by atoms with van der Waals surface area (Å²) in [7, 11) is 0. The lowest BCUT2D eigenvalue weighted by Gasteiger charge is -2.31. The zero-order chi connectivity index (χ0) is 19.7. The van der Waals surface area contributed by atoms with Crippen LogP contribution in [0.1, 0.15) is 42.9 Å². The van der Waals surface area contributed by atoms with Crippen LogP contribution in [0.3, 0.4) is 0 Å². The fourth-order valence-corrected chi connectivity index (χ4v) is 4.39. The Bertz CT molecular complexity index is 883. The molecule has 0 radical (unpaired) electrons. The summed E-state index contributed by atoms with van der Waals surface area (Å²) in [4.78, 5) is 27.2. The molecule has 1 aromatic heterocycles. The van der Waals surface area contributed by atoms with E-state index >= 15 is 0 Å². The normalized spacial score (nSPS) is 25.0. The summed E-state index contributed by atoms with van der Waals surface area (Å²) in [6.07, 6.45) is 4.74. The summed E-state index contributed by atoms with van der Waals surface area (Å²) < 4.78 is 15.4. The van der Waals surface area contributed by atoms with E-state index in [0.29, 0.717) is 13.0 Å². The van der Waals surface area contributed by atoms with Gasteiger partial charge in [0.1, 0.15) is 12.4 Å². The molecule has 1 aromatic carbocycles. The van der Waals surface area contributed by atoms with Crippen LogP contribution in [0.4, 0.5) is 4.39 Å². The van der Waals surface area contributed by atoms with Crippen molar-refractivity contribution in [1.82, 2.24) is 25.2 Å². The van der Waals surface area contributed by atoms with Gasteiger partial charge in [0.2, 0.25) is 11.8 Å². The number of benzene rings is 1. The molecule has 0 bridgehead atoms. The van der Waals surface area contributed by atoms with Gasteiger partial charge in [-0.3, -0.25) is 9.59 Å². The number of hydrogen-bond acceptors (Lipinski definition) is 4. The Morgan fingerprint density at radius 1 is 1.36 bits per heavy atom. The van der Waals surface area contributed by atoms with E-state index < -0.39 is 0 Å². The minimum Gasteiger partial charge on any atom is -0.351 e. The van der Waals surface area contributed by atoms with Crippen molar-refractivity contribution >= 4 is 11.8 Å². The topological polar surface area (TPSA) is 80.1 Å². The second-order valence-electron chi connectivity index (χ2n) is 7.67. The Morgan fingerprint density at radius 3 is 2.96 bits per heavy atom. The predicted octanol–water partition coefficient (Wildman–Crippen LogP) is 1.78. The summed E-state index contributed by atoms with van der Waals surface area (Å²) in [6, 6.07) is 6.13. The Hall–Kier alpha value is -2.77. The molecule has 0 aliphatic carbocycles. The molecular weight excluding hydrogens is 361 g/mol. The number of amides is 2. The molecule has 2 fully saturated rings. The largest absolute Gasteiger partial charge is 0.351 e. The number of halogens is 1. The third kappa shape index (κ3) is 3.76. The van der Waals surface area contributed by atoms with E-state index in [1.54, 1.807) is 12.3 Å². The molecule has 28 heavy (non-hydrogen) atoms. The van der Waals surface area contributed by atoms with Gasteiger partial charge in [-0.05, 0) is 37.5 Å². The van der Waals surface area contributed by atoms with E-state index in [9.17, 15) is 14.0 Å². The van der Waals surface area contributed by atoms with Crippen LogP contribution in [-0.2, 0) is 16.1 Å². The Labute approximate surface area is 162 Å². The molecule has 0 spiro atoms. The molecule has 2 amide bonds. The van der Waals surface area contributed by atoms with Gasteiger partial charge in [0.15, 0.2) is 0 Å². The highest BCUT2D eigenvalue weighted by molar-refractivity contribution is 5.79. The number of carbonyl (C=O) groups excluding carboxylic acids is 2. The lowest BCUT2D eigenvalue weighted by molar-refractivity contribution is -0.134. The smallest absolute Gasteiger partial charge is 0.244 e. The molecule has 4 rings (SSSR count). The molecule has 2 aromatic rings. The fraction of sp³-hybridized carbons (Fsp3) is 0.500. The molecule has 2 aliphatic heterocycles. The van der Waals surface area contributed by atoms with Gasteiger partial charge in [0, 0.05) is 25.1 Å². The molecule has 7 nitrogen and oxygen atoms in total. The van der Waals surface area contributed by atoms with Crippen LogP contribution >= 0.6 is 0 Å². The average Bonchev–Trinajstić information content (AvgIpc) is 3.20. The number of carbonyl (C=O) groups is 2. The Morgan fingerprint density at radius 2 is 2.21 bits per heavy atom. The lowest BCUT2D eigenvalue weighted by Crippen LogP contribution is -2.49. The number of rotatable bonds is 3. The van der Waals surface area contributed by atoms with Gasteiger partial charge in [-0.15, -0.1) is 5.10 Å². The highest BCUT2D eigenvalue weighted by Crippen LogP contribution is 2.36. The number of nitrogens with zero attached hydrogens (tertiary/aromatic N) is 4. The fourth-order valence-electron chi connectivity index (χ4n) is 4.39. The first-order valence-electron chi connectivity index (χ1n) is 9.72. The summed E-state index contributed by atoms with van der Waals surface area (Å²) in [5.41, 5.74) is 1.56. The van der Waals surface area contributed by atoms with Crippen LogP contribution in [0.25, 0.3) is 0 Å². The van der Waals surface area contributed by atoms with Gasteiger partial charge in [0.05, 0.1) is 17.8 Å². The van der Waals surface area contributed by atoms with Crippen LogP contribution in [0.2, 0.25) is 0 Å². The van der Waals surface area contributed by atoms with Gasteiger partial charge >= 0.3 is 0 Å². The van der Waals surface area contributed by atoms with Gasteiger partial charge in [-0.1, -0.05) is 23.8 Å². The van der Waals surface area contributed by atoms with Crippen molar-refractivity contribution in [3.8, 4) is 0 Å². The van der Waals surface area contributed by atoms with Crippen LogP contribution in [0.5, 0.6) is 0 Å². The number of aryl methyl sites for hydroxylation is 1. The van der Waals surface area contributed by atoms with E-state index in [4.69, 9.17) is 0 Å². The molecule has 3 heterocycles. The van der Waals surface area contributed by atoms with Crippen LogP contribution in [0, 0.1) is 12.7 Å². The van der Waals surface area contributed by atoms with Crippen molar-refractivity contribution in [2.24, 2.45) is 0 Å². The van der Waals surface area contributed by atoms with E-state index in [-0.39, 0.29) is 42.2 Å². The Balaban J connectivity index is 1.62. The quantitative estimate of drug-likeness (QED) is 0.873. The van der Waals surface area contributed by atoms with Crippen molar-refractivity contribution < 1.29 is 14.0 Å². The minimum absolute atomic E-state index is 0.00250. The van der Waals surface area contributed by atoms with Crippen LogP contribution < -0.4 is 5.32 Å². The first-order valence-corrected chi connectivity index (χ1v) is 9.72. The molecule has 0 unspecified atom stereocenters. The highest BCUT2D eigenvalue weighted by atomic mass is 19.1. The Kier molecular flexibility index (Phi) is 5.11. The molecule has 148 valence electrons. The SMILES string of the molecule is Cc1cn(CC(=O)N2C[C@@H](c3cccc(F)c3)[C@@H]3NC(=O)CCCC[C@H]32)nn1. The van der Waals surface area contributed by atoms with E-state index in [1.165, 1.54) is 16.8 Å². The summed E-state index contributed by atoms with van der Waals surface area (Å²) in [6.45, 7) is 2.38. The van der Waals surface area contributed by atoms with Crippen molar-refractivity contribution in [2.45, 2.75) is 57.2 Å². The molecule has 8 heteroatoms. The summed E-state index contributed by atoms with van der Waals surface area (Å²) in [5, 5.41) is 11.0. The maximum absolute atomic E-state index is 13.8. The molecule has 1 N–H and O–H groups in total. The first-order chi connectivity index (χ1) is 13.5. The number of nitrogens with one attached hydrogen (secondary N) is 1. The average molecular weight is 385 g/mol. The van der Waals surface area contributed by atoms with Crippen molar-refractivity contribution in [3.63, 3.8) is 0 Å². The van der Waals surface area contributed by atoms with Crippen molar-refractivity contribution in [2.75, 3.05) is 6.54 Å². The van der Waals surface area contributed by atoms with Gasteiger partial charge in [0.25, 0.3) is 0 Å². The van der Waals surface area contributed by atoms with E-state index in [2.05, 4.69) is 15.6 Å². The molecule has 2 aliphatic rings.